The number of nitrogens with zero attached hydrogens (tertiary/aromatic N) is 5. The van der Waals surface area contributed by atoms with Gasteiger partial charge in [-0.3, -0.25) is 9.80 Å². The van der Waals surface area contributed by atoms with E-state index in [9.17, 15) is 0 Å². The molecule has 0 bridgehead atoms. The predicted molar refractivity (Wildman–Crippen MR) is 126 cm³/mol. The average Bonchev–Trinajstić information content (AvgIpc) is 3.05. The van der Waals surface area contributed by atoms with Crippen molar-refractivity contribution in [2.75, 3.05) is 57.3 Å². The van der Waals surface area contributed by atoms with Gasteiger partial charge in [-0.2, -0.15) is 5.26 Å². The van der Waals surface area contributed by atoms with Crippen LogP contribution in [0.4, 0.5) is 5.69 Å². The SMILES string of the molecule is N#Cc1c(Cl)cc(CN2CCN(Cc3ccc(N4CCCNCC4)cc3)CC2)nc1Cl. The maximum absolute atomic E-state index is 9.07. The molecule has 2 aromatic rings. The van der Waals surface area contributed by atoms with Crippen molar-refractivity contribution < 1.29 is 0 Å². The first-order valence-corrected chi connectivity index (χ1v) is 11.6. The highest BCUT2D eigenvalue weighted by atomic mass is 35.5. The van der Waals surface area contributed by atoms with Gasteiger partial charge in [0.2, 0.25) is 0 Å². The molecule has 0 aliphatic carbocycles. The Bertz CT molecular complexity index is 888. The van der Waals surface area contributed by atoms with Crippen LogP contribution < -0.4 is 10.2 Å². The van der Waals surface area contributed by atoms with Crippen molar-refractivity contribution in [2.45, 2.75) is 19.5 Å². The van der Waals surface area contributed by atoms with Crippen molar-refractivity contribution >= 4 is 28.9 Å². The monoisotopic (exact) mass is 458 g/mol. The first kappa shape index (κ1) is 22.3. The number of hydrogen-bond acceptors (Lipinski definition) is 6. The molecular formula is C23H28Cl2N6. The number of pyridine rings is 1. The third-order valence-corrected chi connectivity index (χ3v) is 6.56. The van der Waals surface area contributed by atoms with E-state index in [-0.39, 0.29) is 10.7 Å². The van der Waals surface area contributed by atoms with E-state index in [0.717, 1.165) is 64.6 Å². The molecule has 0 atom stereocenters. The van der Waals surface area contributed by atoms with Crippen molar-refractivity contribution in [1.82, 2.24) is 20.1 Å². The molecule has 8 heteroatoms. The summed E-state index contributed by atoms with van der Waals surface area (Å²) in [5, 5.41) is 13.1. The van der Waals surface area contributed by atoms with Crippen LogP contribution in [0.3, 0.4) is 0 Å². The second-order valence-electron chi connectivity index (χ2n) is 8.18. The molecule has 0 spiro atoms. The third-order valence-electron chi connectivity index (χ3n) is 5.99. The molecule has 0 saturated carbocycles. The Morgan fingerprint density at radius 2 is 1.65 bits per heavy atom. The Labute approximate surface area is 194 Å². The van der Waals surface area contributed by atoms with Crippen LogP contribution in [0.15, 0.2) is 30.3 Å². The van der Waals surface area contributed by atoms with Gasteiger partial charge < -0.3 is 10.2 Å². The number of benzene rings is 1. The molecule has 1 N–H and O–H groups in total. The van der Waals surface area contributed by atoms with E-state index in [1.165, 1.54) is 17.7 Å². The van der Waals surface area contributed by atoms with E-state index >= 15 is 0 Å². The summed E-state index contributed by atoms with van der Waals surface area (Å²) in [6.45, 7) is 10.00. The largest absolute Gasteiger partial charge is 0.370 e. The Hall–Kier alpha value is -1.88. The number of hydrogen-bond donors (Lipinski definition) is 1. The van der Waals surface area contributed by atoms with Gasteiger partial charge in [0.25, 0.3) is 0 Å². The first-order chi connectivity index (χ1) is 15.1. The predicted octanol–water partition coefficient (Wildman–Crippen LogP) is 3.38. The van der Waals surface area contributed by atoms with Gasteiger partial charge in [0.05, 0.1) is 10.7 Å². The lowest BCUT2D eigenvalue weighted by molar-refractivity contribution is 0.121. The minimum Gasteiger partial charge on any atom is -0.370 e. The van der Waals surface area contributed by atoms with Crippen LogP contribution in [0.1, 0.15) is 23.2 Å². The molecule has 2 aliphatic heterocycles. The van der Waals surface area contributed by atoms with Crippen LogP contribution in [0.2, 0.25) is 10.2 Å². The van der Waals surface area contributed by atoms with Crippen molar-refractivity contribution in [3.63, 3.8) is 0 Å². The number of rotatable bonds is 5. The van der Waals surface area contributed by atoms with Gasteiger partial charge >= 0.3 is 0 Å². The number of piperazine rings is 1. The Balaban J connectivity index is 1.27. The number of nitriles is 1. The standard InChI is InChI=1S/C23H28Cl2N6/c24-22-14-19(28-23(25)21(22)15-26)17-30-12-10-29(11-13-30)16-18-2-4-20(5-3-18)31-8-1-6-27-7-9-31/h2-5,14,27H,1,6-13,16-17H2. The molecule has 31 heavy (non-hydrogen) atoms. The topological polar surface area (TPSA) is 58.4 Å². The highest BCUT2D eigenvalue weighted by Gasteiger charge is 2.19. The number of aromatic nitrogens is 1. The van der Waals surface area contributed by atoms with Crippen molar-refractivity contribution in [2.24, 2.45) is 0 Å². The van der Waals surface area contributed by atoms with Crippen molar-refractivity contribution in [3.8, 4) is 6.07 Å². The molecule has 1 aromatic carbocycles. The second kappa shape index (κ2) is 10.6. The number of nitrogens with one attached hydrogen (secondary N) is 1. The lowest BCUT2D eigenvalue weighted by Crippen LogP contribution is -2.45. The lowest BCUT2D eigenvalue weighted by Gasteiger charge is -2.34. The van der Waals surface area contributed by atoms with Gasteiger partial charge in [-0.1, -0.05) is 35.3 Å². The van der Waals surface area contributed by atoms with E-state index < -0.39 is 0 Å². The van der Waals surface area contributed by atoms with Crippen LogP contribution >= 0.6 is 23.2 Å². The molecule has 1 aromatic heterocycles. The fraction of sp³-hybridized carbons (Fsp3) is 0.478. The molecule has 6 nitrogen and oxygen atoms in total. The smallest absolute Gasteiger partial charge is 0.148 e. The number of halogens is 2. The Morgan fingerprint density at radius 3 is 2.32 bits per heavy atom. The molecule has 164 valence electrons. The maximum Gasteiger partial charge on any atom is 0.148 e. The summed E-state index contributed by atoms with van der Waals surface area (Å²) >= 11 is 12.2. The van der Waals surface area contributed by atoms with Gasteiger partial charge in [0, 0.05) is 64.6 Å². The molecular weight excluding hydrogens is 431 g/mol. The third kappa shape index (κ3) is 5.88. The summed E-state index contributed by atoms with van der Waals surface area (Å²) < 4.78 is 0. The van der Waals surface area contributed by atoms with Gasteiger partial charge in [-0.15, -0.1) is 0 Å². The minimum atomic E-state index is 0.184. The van der Waals surface area contributed by atoms with Crippen LogP contribution in [-0.4, -0.2) is 67.1 Å². The van der Waals surface area contributed by atoms with Gasteiger partial charge in [0.1, 0.15) is 16.8 Å². The molecule has 2 saturated heterocycles. The van der Waals surface area contributed by atoms with Gasteiger partial charge in [0.15, 0.2) is 0 Å². The zero-order chi connectivity index (χ0) is 21.6. The van der Waals surface area contributed by atoms with E-state index in [1.807, 2.05) is 6.07 Å². The van der Waals surface area contributed by atoms with Crippen LogP contribution in [0.5, 0.6) is 0 Å². The van der Waals surface area contributed by atoms with Crippen molar-refractivity contribution in [1.29, 1.82) is 5.26 Å². The summed E-state index contributed by atoms with van der Waals surface area (Å²) in [6.07, 6.45) is 1.20. The highest BCUT2D eigenvalue weighted by molar-refractivity contribution is 6.35. The lowest BCUT2D eigenvalue weighted by atomic mass is 10.1. The van der Waals surface area contributed by atoms with Crippen LogP contribution in [-0.2, 0) is 13.1 Å². The zero-order valence-corrected chi connectivity index (χ0v) is 19.2. The van der Waals surface area contributed by atoms with E-state index in [2.05, 4.69) is 49.3 Å². The maximum atomic E-state index is 9.07. The molecule has 0 amide bonds. The molecule has 0 unspecified atom stereocenters. The summed E-state index contributed by atoms with van der Waals surface area (Å²) in [5.41, 5.74) is 3.74. The quantitative estimate of drug-likeness (QED) is 0.692. The normalized spacial score (nSPS) is 18.5. The van der Waals surface area contributed by atoms with Gasteiger partial charge in [-0.25, -0.2) is 4.98 Å². The molecule has 4 rings (SSSR count). The summed E-state index contributed by atoms with van der Waals surface area (Å²) in [4.78, 5) is 11.7. The molecule has 2 fully saturated rings. The summed E-state index contributed by atoms with van der Waals surface area (Å²) in [7, 11) is 0. The molecule has 2 aliphatic rings. The minimum absolute atomic E-state index is 0.184. The Morgan fingerprint density at radius 1 is 0.935 bits per heavy atom. The fourth-order valence-electron chi connectivity index (χ4n) is 4.22. The zero-order valence-electron chi connectivity index (χ0n) is 17.7. The van der Waals surface area contributed by atoms with E-state index in [0.29, 0.717) is 11.6 Å². The molecule has 0 radical (unpaired) electrons. The van der Waals surface area contributed by atoms with Crippen molar-refractivity contribution in [3.05, 3.63) is 57.3 Å². The van der Waals surface area contributed by atoms with Crippen LogP contribution in [0.25, 0.3) is 0 Å². The Kier molecular flexibility index (Phi) is 7.65. The fourth-order valence-corrected chi connectivity index (χ4v) is 4.78. The summed E-state index contributed by atoms with van der Waals surface area (Å²) in [5.74, 6) is 0. The van der Waals surface area contributed by atoms with E-state index in [4.69, 9.17) is 28.5 Å². The van der Waals surface area contributed by atoms with Crippen LogP contribution in [0, 0.1) is 11.3 Å². The summed E-state index contributed by atoms with van der Waals surface area (Å²) in [6, 6.07) is 12.8. The molecule has 3 heterocycles. The number of anilines is 1. The average molecular weight is 459 g/mol. The van der Waals surface area contributed by atoms with Gasteiger partial charge in [-0.05, 0) is 36.7 Å². The highest BCUT2D eigenvalue weighted by Crippen LogP contribution is 2.24. The first-order valence-electron chi connectivity index (χ1n) is 10.9. The second-order valence-corrected chi connectivity index (χ2v) is 8.95. The van der Waals surface area contributed by atoms with E-state index in [1.54, 1.807) is 6.07 Å².